The van der Waals surface area contributed by atoms with Gasteiger partial charge in [-0.05, 0) is 41.3 Å². The Labute approximate surface area is 108 Å². The molecule has 0 fully saturated rings. The highest BCUT2D eigenvalue weighted by atomic mass is 16.5. The number of ether oxygens (including phenoxy) is 1. The molecule has 2 rings (SSSR count). The van der Waals surface area contributed by atoms with E-state index in [1.807, 2.05) is 36.5 Å². The van der Waals surface area contributed by atoms with Gasteiger partial charge in [0.1, 0.15) is 5.75 Å². The summed E-state index contributed by atoms with van der Waals surface area (Å²) in [5.41, 5.74) is 9.73. The minimum Gasteiger partial charge on any atom is -0.497 e. The zero-order chi connectivity index (χ0) is 13.0. The number of benzene rings is 1. The maximum absolute atomic E-state index is 6.32. The van der Waals surface area contributed by atoms with Crippen molar-refractivity contribution in [1.29, 1.82) is 0 Å². The molecule has 94 valence electrons. The molecule has 0 aliphatic carbocycles. The van der Waals surface area contributed by atoms with E-state index < -0.39 is 0 Å². The van der Waals surface area contributed by atoms with Crippen LogP contribution in [0.1, 0.15) is 29.7 Å². The molecule has 2 N–H and O–H groups in total. The molecule has 1 unspecified atom stereocenters. The quantitative estimate of drug-likeness (QED) is 0.896. The van der Waals surface area contributed by atoms with E-state index in [4.69, 9.17) is 10.5 Å². The van der Waals surface area contributed by atoms with Gasteiger partial charge in [-0.1, -0.05) is 19.1 Å². The third-order valence-corrected chi connectivity index (χ3v) is 3.13. The lowest BCUT2D eigenvalue weighted by atomic mass is 9.95. The molecule has 0 bridgehead atoms. The third-order valence-electron chi connectivity index (χ3n) is 3.13. The summed E-state index contributed by atoms with van der Waals surface area (Å²) < 4.78 is 5.15. The van der Waals surface area contributed by atoms with E-state index in [1.165, 1.54) is 5.56 Å². The lowest BCUT2D eigenvalue weighted by Gasteiger charge is -2.16. The van der Waals surface area contributed by atoms with E-state index in [1.54, 1.807) is 13.3 Å². The van der Waals surface area contributed by atoms with Crippen LogP contribution in [0.25, 0.3) is 0 Å². The van der Waals surface area contributed by atoms with Crippen LogP contribution >= 0.6 is 0 Å². The van der Waals surface area contributed by atoms with Crippen LogP contribution in [0.2, 0.25) is 0 Å². The van der Waals surface area contributed by atoms with Gasteiger partial charge in [0.25, 0.3) is 0 Å². The van der Waals surface area contributed by atoms with Crippen LogP contribution in [0, 0.1) is 0 Å². The molecule has 0 aliphatic heterocycles. The van der Waals surface area contributed by atoms with Crippen LogP contribution in [0.4, 0.5) is 0 Å². The Balaban J connectivity index is 2.31. The van der Waals surface area contributed by atoms with Crippen LogP contribution in [0.5, 0.6) is 5.75 Å². The molecule has 0 saturated carbocycles. The number of aromatic nitrogens is 1. The number of methoxy groups -OCH3 is 1. The number of pyridine rings is 1. The summed E-state index contributed by atoms with van der Waals surface area (Å²) in [6.45, 7) is 2.11. The Morgan fingerprint density at radius 3 is 2.56 bits per heavy atom. The monoisotopic (exact) mass is 242 g/mol. The Morgan fingerprint density at radius 1 is 1.22 bits per heavy atom. The maximum Gasteiger partial charge on any atom is 0.118 e. The fraction of sp³-hybridized carbons (Fsp3) is 0.267. The first-order valence-corrected chi connectivity index (χ1v) is 6.08. The van der Waals surface area contributed by atoms with Gasteiger partial charge in [-0.2, -0.15) is 0 Å². The molecule has 3 heteroatoms. The average Bonchev–Trinajstić information content (AvgIpc) is 2.46. The van der Waals surface area contributed by atoms with Crippen molar-refractivity contribution in [2.75, 3.05) is 7.11 Å². The van der Waals surface area contributed by atoms with Crippen LogP contribution in [0.15, 0.2) is 42.7 Å². The van der Waals surface area contributed by atoms with E-state index in [-0.39, 0.29) is 6.04 Å². The Hall–Kier alpha value is -1.87. The van der Waals surface area contributed by atoms with Gasteiger partial charge in [0.15, 0.2) is 0 Å². The summed E-state index contributed by atoms with van der Waals surface area (Å²) in [6.07, 6.45) is 4.61. The Bertz CT molecular complexity index is 508. The van der Waals surface area contributed by atoms with Gasteiger partial charge in [0.2, 0.25) is 0 Å². The number of rotatable bonds is 4. The van der Waals surface area contributed by atoms with Crippen molar-refractivity contribution in [3.8, 4) is 5.75 Å². The molecule has 1 atom stereocenters. The lowest BCUT2D eigenvalue weighted by Crippen LogP contribution is -2.14. The van der Waals surface area contributed by atoms with Crippen LogP contribution in [-0.2, 0) is 6.42 Å². The number of nitrogens with zero attached hydrogens (tertiary/aromatic N) is 1. The second-order valence-electron chi connectivity index (χ2n) is 4.18. The van der Waals surface area contributed by atoms with Crippen molar-refractivity contribution in [2.24, 2.45) is 5.73 Å². The summed E-state index contributed by atoms with van der Waals surface area (Å²) in [7, 11) is 1.66. The van der Waals surface area contributed by atoms with Crippen molar-refractivity contribution in [3.63, 3.8) is 0 Å². The first kappa shape index (κ1) is 12.6. The topological polar surface area (TPSA) is 48.1 Å². The Kier molecular flexibility index (Phi) is 3.95. The van der Waals surface area contributed by atoms with Gasteiger partial charge in [0, 0.05) is 12.4 Å². The second-order valence-corrected chi connectivity index (χ2v) is 4.18. The second kappa shape index (κ2) is 5.65. The predicted molar refractivity (Wildman–Crippen MR) is 72.6 cm³/mol. The number of hydrogen-bond acceptors (Lipinski definition) is 3. The average molecular weight is 242 g/mol. The predicted octanol–water partition coefficient (Wildman–Crippen LogP) is 2.70. The number of hydrogen-bond donors (Lipinski definition) is 1. The molecule has 18 heavy (non-hydrogen) atoms. The molecule has 0 spiro atoms. The smallest absolute Gasteiger partial charge is 0.118 e. The highest BCUT2D eigenvalue weighted by Gasteiger charge is 2.12. The molecule has 2 aromatic rings. The summed E-state index contributed by atoms with van der Waals surface area (Å²) in [4.78, 5) is 4.14. The fourth-order valence-electron chi connectivity index (χ4n) is 2.03. The maximum atomic E-state index is 6.32. The zero-order valence-electron chi connectivity index (χ0n) is 10.8. The van der Waals surface area contributed by atoms with Crippen molar-refractivity contribution < 1.29 is 4.74 Å². The van der Waals surface area contributed by atoms with E-state index in [0.29, 0.717) is 0 Å². The molecule has 0 radical (unpaired) electrons. The van der Waals surface area contributed by atoms with Gasteiger partial charge in [-0.15, -0.1) is 0 Å². The first-order valence-electron chi connectivity index (χ1n) is 6.08. The van der Waals surface area contributed by atoms with E-state index in [0.717, 1.165) is 23.3 Å². The van der Waals surface area contributed by atoms with E-state index in [2.05, 4.69) is 11.9 Å². The van der Waals surface area contributed by atoms with Gasteiger partial charge >= 0.3 is 0 Å². The number of aryl methyl sites for hydroxylation is 1. The van der Waals surface area contributed by atoms with Crippen LogP contribution in [0.3, 0.4) is 0 Å². The summed E-state index contributed by atoms with van der Waals surface area (Å²) >= 11 is 0. The molecule has 0 amide bonds. The highest BCUT2D eigenvalue weighted by Crippen LogP contribution is 2.24. The first-order chi connectivity index (χ1) is 8.76. The van der Waals surface area contributed by atoms with Gasteiger partial charge in [0.05, 0.1) is 13.2 Å². The summed E-state index contributed by atoms with van der Waals surface area (Å²) in [5, 5.41) is 0. The molecule has 1 heterocycles. The highest BCUT2D eigenvalue weighted by molar-refractivity contribution is 5.37. The minimum atomic E-state index is -0.117. The molecule has 1 aromatic heterocycles. The van der Waals surface area contributed by atoms with Crippen molar-refractivity contribution in [2.45, 2.75) is 19.4 Å². The summed E-state index contributed by atoms with van der Waals surface area (Å²) in [6, 6.07) is 9.75. The van der Waals surface area contributed by atoms with Crippen molar-refractivity contribution >= 4 is 0 Å². The Morgan fingerprint density at radius 2 is 1.94 bits per heavy atom. The molecule has 1 aromatic carbocycles. The van der Waals surface area contributed by atoms with E-state index >= 15 is 0 Å². The molecule has 0 saturated heterocycles. The van der Waals surface area contributed by atoms with Crippen molar-refractivity contribution in [1.82, 2.24) is 4.98 Å². The van der Waals surface area contributed by atoms with Crippen LogP contribution < -0.4 is 10.5 Å². The van der Waals surface area contributed by atoms with Gasteiger partial charge in [-0.3, -0.25) is 4.98 Å². The SMILES string of the molecule is CCc1cnccc1C(N)c1ccc(OC)cc1. The summed E-state index contributed by atoms with van der Waals surface area (Å²) in [5.74, 6) is 0.844. The van der Waals surface area contributed by atoms with Gasteiger partial charge < -0.3 is 10.5 Å². The van der Waals surface area contributed by atoms with Crippen molar-refractivity contribution in [3.05, 3.63) is 59.4 Å². The molecule has 0 aliphatic rings. The third kappa shape index (κ3) is 2.51. The fourth-order valence-corrected chi connectivity index (χ4v) is 2.03. The van der Waals surface area contributed by atoms with E-state index in [9.17, 15) is 0 Å². The lowest BCUT2D eigenvalue weighted by molar-refractivity contribution is 0.414. The standard InChI is InChI=1S/C15H18N2O/c1-3-11-10-17-9-8-14(11)15(16)12-4-6-13(18-2)7-5-12/h4-10,15H,3,16H2,1-2H3. The molecule has 3 nitrogen and oxygen atoms in total. The molecular formula is C15H18N2O. The largest absolute Gasteiger partial charge is 0.497 e. The minimum absolute atomic E-state index is 0.117. The normalized spacial score (nSPS) is 12.2. The number of nitrogens with two attached hydrogens (primary N) is 1. The van der Waals surface area contributed by atoms with Crippen LogP contribution in [-0.4, -0.2) is 12.1 Å². The molecular weight excluding hydrogens is 224 g/mol. The zero-order valence-corrected chi connectivity index (χ0v) is 10.8. The van der Waals surface area contributed by atoms with Gasteiger partial charge in [-0.25, -0.2) is 0 Å².